The normalized spacial score (nSPS) is 11.2. The van der Waals surface area contributed by atoms with Gasteiger partial charge in [-0.05, 0) is 84.3 Å². The average Bonchev–Trinajstić information content (AvgIpc) is 3.29. The number of hydrogen-bond acceptors (Lipinski definition) is 3. The van der Waals surface area contributed by atoms with Crippen LogP contribution in [-0.2, 0) is 0 Å². The van der Waals surface area contributed by atoms with Crippen LogP contribution in [-0.4, -0.2) is 15.0 Å². The highest BCUT2D eigenvalue weighted by Gasteiger charge is 2.17. The molecule has 10 rings (SSSR count). The number of hydrogen-bond donors (Lipinski definition) is 0. The van der Waals surface area contributed by atoms with E-state index in [4.69, 9.17) is 15.0 Å². The van der Waals surface area contributed by atoms with E-state index in [1.165, 1.54) is 38.2 Å². The molecule has 0 radical (unpaired) electrons. The SMILES string of the molecule is c1ccc(-c2ccc3cc(-c4cccc(-c5nc(-c6ccc(-c7cccc8ccccc78)cc6)nc(-c6ccccc6-c6ccccc6)n5)c4)ccc3c2)cc1. The van der Waals surface area contributed by atoms with Crippen molar-refractivity contribution < 1.29 is 0 Å². The van der Waals surface area contributed by atoms with Crippen LogP contribution in [0.25, 0.3) is 100 Å². The second-order valence-corrected chi connectivity index (χ2v) is 14.0. The van der Waals surface area contributed by atoms with Crippen LogP contribution in [0.1, 0.15) is 0 Å². The molecule has 1 aromatic heterocycles. The molecule has 0 fully saturated rings. The largest absolute Gasteiger partial charge is 0.208 e. The predicted octanol–water partition coefficient (Wildman–Crippen LogP) is 13.8. The van der Waals surface area contributed by atoms with Crippen molar-refractivity contribution in [1.29, 1.82) is 0 Å². The zero-order valence-corrected chi connectivity index (χ0v) is 30.5. The summed E-state index contributed by atoms with van der Waals surface area (Å²) in [6.07, 6.45) is 0. The molecule has 0 amide bonds. The van der Waals surface area contributed by atoms with E-state index in [-0.39, 0.29) is 0 Å². The number of aromatic nitrogens is 3. The molecular weight excluding hydrogens is 679 g/mol. The summed E-state index contributed by atoms with van der Waals surface area (Å²) in [6, 6.07) is 74.7. The van der Waals surface area contributed by atoms with Crippen LogP contribution >= 0.6 is 0 Å². The van der Waals surface area contributed by atoms with Gasteiger partial charge in [-0.15, -0.1) is 0 Å². The zero-order chi connectivity index (χ0) is 37.3. The van der Waals surface area contributed by atoms with Gasteiger partial charge in [-0.1, -0.05) is 194 Å². The first-order valence-electron chi connectivity index (χ1n) is 18.9. The van der Waals surface area contributed by atoms with Crippen molar-refractivity contribution in [1.82, 2.24) is 15.0 Å². The third kappa shape index (κ3) is 6.42. The average molecular weight is 714 g/mol. The van der Waals surface area contributed by atoms with E-state index in [0.29, 0.717) is 17.5 Å². The van der Waals surface area contributed by atoms with Gasteiger partial charge in [-0.2, -0.15) is 0 Å². The Morgan fingerprint density at radius 3 is 1.41 bits per heavy atom. The second kappa shape index (κ2) is 14.4. The maximum absolute atomic E-state index is 5.19. The summed E-state index contributed by atoms with van der Waals surface area (Å²) >= 11 is 0. The summed E-state index contributed by atoms with van der Waals surface area (Å²) < 4.78 is 0. The van der Waals surface area contributed by atoms with E-state index in [0.717, 1.165) is 44.5 Å². The fourth-order valence-corrected chi connectivity index (χ4v) is 7.65. The van der Waals surface area contributed by atoms with Gasteiger partial charge in [0, 0.05) is 16.7 Å². The summed E-state index contributed by atoms with van der Waals surface area (Å²) in [5.74, 6) is 1.89. The summed E-state index contributed by atoms with van der Waals surface area (Å²) in [7, 11) is 0. The van der Waals surface area contributed by atoms with Crippen molar-refractivity contribution in [2.24, 2.45) is 0 Å². The Hall–Kier alpha value is -7.49. The number of nitrogens with zero attached hydrogens (tertiary/aromatic N) is 3. The first-order chi connectivity index (χ1) is 27.7. The highest BCUT2D eigenvalue weighted by Crippen LogP contribution is 2.35. The summed E-state index contributed by atoms with van der Waals surface area (Å²) in [5.41, 5.74) is 12.0. The number of fused-ring (bicyclic) bond motifs is 2. The van der Waals surface area contributed by atoms with Crippen LogP contribution in [0.4, 0.5) is 0 Å². The standard InChI is InChI=1S/C53H35N3/c1-3-13-36(14-4-1)42-29-30-45-34-43(31-32-44(45)33-42)41-19-11-20-46(35-41)52-54-51(55-53(56-52)50-23-10-9-22-49(50)37-15-5-2-6-16-37)40-27-25-39(26-28-40)48-24-12-18-38-17-7-8-21-47(38)48/h1-35H. The molecule has 10 aromatic rings. The van der Waals surface area contributed by atoms with E-state index < -0.39 is 0 Å². The molecule has 262 valence electrons. The van der Waals surface area contributed by atoms with Crippen LogP contribution in [0.15, 0.2) is 212 Å². The molecule has 9 aromatic carbocycles. The lowest BCUT2D eigenvalue weighted by atomic mass is 9.96. The van der Waals surface area contributed by atoms with Crippen molar-refractivity contribution in [3.05, 3.63) is 212 Å². The Morgan fingerprint density at radius 2 is 0.661 bits per heavy atom. The molecule has 0 saturated heterocycles. The van der Waals surface area contributed by atoms with Crippen LogP contribution in [0.5, 0.6) is 0 Å². The minimum atomic E-state index is 0.626. The molecular formula is C53H35N3. The maximum atomic E-state index is 5.19. The first kappa shape index (κ1) is 33.1. The lowest BCUT2D eigenvalue weighted by Crippen LogP contribution is -2.01. The molecule has 0 spiro atoms. The lowest BCUT2D eigenvalue weighted by Gasteiger charge is -2.13. The quantitative estimate of drug-likeness (QED) is 0.165. The van der Waals surface area contributed by atoms with E-state index >= 15 is 0 Å². The van der Waals surface area contributed by atoms with Gasteiger partial charge in [0.2, 0.25) is 0 Å². The van der Waals surface area contributed by atoms with Crippen LogP contribution in [0.2, 0.25) is 0 Å². The van der Waals surface area contributed by atoms with E-state index in [2.05, 4.69) is 200 Å². The van der Waals surface area contributed by atoms with Gasteiger partial charge in [0.05, 0.1) is 0 Å². The van der Waals surface area contributed by atoms with E-state index in [9.17, 15) is 0 Å². The fraction of sp³-hybridized carbons (Fsp3) is 0. The highest BCUT2D eigenvalue weighted by molar-refractivity contribution is 5.97. The minimum absolute atomic E-state index is 0.626. The molecule has 0 aliphatic rings. The Morgan fingerprint density at radius 1 is 0.214 bits per heavy atom. The van der Waals surface area contributed by atoms with Crippen molar-refractivity contribution in [2.45, 2.75) is 0 Å². The highest BCUT2D eigenvalue weighted by atomic mass is 15.0. The number of benzene rings is 9. The topological polar surface area (TPSA) is 38.7 Å². The van der Waals surface area contributed by atoms with E-state index in [1.54, 1.807) is 0 Å². The minimum Gasteiger partial charge on any atom is -0.208 e. The molecule has 0 atom stereocenters. The third-order valence-electron chi connectivity index (χ3n) is 10.5. The molecule has 56 heavy (non-hydrogen) atoms. The molecule has 0 aliphatic carbocycles. The van der Waals surface area contributed by atoms with Gasteiger partial charge >= 0.3 is 0 Å². The Balaban J connectivity index is 1.07. The van der Waals surface area contributed by atoms with Crippen LogP contribution in [0.3, 0.4) is 0 Å². The Bertz CT molecular complexity index is 3000. The zero-order valence-electron chi connectivity index (χ0n) is 30.5. The summed E-state index contributed by atoms with van der Waals surface area (Å²) in [5, 5.41) is 4.86. The van der Waals surface area contributed by atoms with Crippen molar-refractivity contribution >= 4 is 21.5 Å². The lowest BCUT2D eigenvalue weighted by molar-refractivity contribution is 1.07. The molecule has 0 aliphatic heterocycles. The molecule has 0 saturated carbocycles. The van der Waals surface area contributed by atoms with Crippen molar-refractivity contribution in [2.75, 3.05) is 0 Å². The van der Waals surface area contributed by atoms with Gasteiger partial charge in [0.25, 0.3) is 0 Å². The van der Waals surface area contributed by atoms with Crippen LogP contribution in [0, 0.1) is 0 Å². The van der Waals surface area contributed by atoms with E-state index in [1.807, 2.05) is 12.1 Å². The summed E-state index contributed by atoms with van der Waals surface area (Å²) in [4.78, 5) is 15.5. The molecule has 1 heterocycles. The first-order valence-corrected chi connectivity index (χ1v) is 18.9. The Labute approximate surface area is 326 Å². The van der Waals surface area contributed by atoms with Gasteiger partial charge in [0.1, 0.15) is 0 Å². The third-order valence-corrected chi connectivity index (χ3v) is 10.5. The second-order valence-electron chi connectivity index (χ2n) is 14.0. The maximum Gasteiger partial charge on any atom is 0.164 e. The molecule has 0 unspecified atom stereocenters. The van der Waals surface area contributed by atoms with Gasteiger partial charge < -0.3 is 0 Å². The van der Waals surface area contributed by atoms with Gasteiger partial charge in [0.15, 0.2) is 17.5 Å². The molecule has 0 bridgehead atoms. The Kier molecular flexibility index (Phi) is 8.51. The van der Waals surface area contributed by atoms with Gasteiger partial charge in [-0.25, -0.2) is 15.0 Å². The summed E-state index contributed by atoms with van der Waals surface area (Å²) in [6.45, 7) is 0. The molecule has 3 heteroatoms. The van der Waals surface area contributed by atoms with Crippen molar-refractivity contribution in [3.8, 4) is 78.7 Å². The molecule has 0 N–H and O–H groups in total. The van der Waals surface area contributed by atoms with Gasteiger partial charge in [-0.3, -0.25) is 0 Å². The smallest absolute Gasteiger partial charge is 0.164 e. The number of rotatable bonds is 7. The van der Waals surface area contributed by atoms with Crippen LogP contribution < -0.4 is 0 Å². The van der Waals surface area contributed by atoms with Crippen molar-refractivity contribution in [3.63, 3.8) is 0 Å². The predicted molar refractivity (Wildman–Crippen MR) is 233 cm³/mol. The molecule has 3 nitrogen and oxygen atoms in total. The monoisotopic (exact) mass is 713 g/mol. The fourth-order valence-electron chi connectivity index (χ4n) is 7.65.